The molecular weight excluding hydrogens is 405 g/mol. The van der Waals surface area contributed by atoms with Crippen LogP contribution in [0.5, 0.6) is 0 Å². The molecule has 0 aliphatic heterocycles. The standard InChI is InChI=1S/C19H17Cl2N3O2S/c1-2-16(27-13-9-7-12(20)8-10-13)19(25)22-11-17-23-18(24-26-17)14-5-3-4-6-15(14)21/h3-10,16H,2,11H2,1H3,(H,22,25). The fourth-order valence-corrected chi connectivity index (χ4v) is 3.68. The van der Waals surface area contributed by atoms with Gasteiger partial charge in [0.15, 0.2) is 0 Å². The lowest BCUT2D eigenvalue weighted by atomic mass is 10.2. The summed E-state index contributed by atoms with van der Waals surface area (Å²) in [7, 11) is 0. The second kappa shape index (κ2) is 9.26. The predicted molar refractivity (Wildman–Crippen MR) is 108 cm³/mol. The van der Waals surface area contributed by atoms with Crippen LogP contribution < -0.4 is 5.32 Å². The number of halogens is 2. The summed E-state index contributed by atoms with van der Waals surface area (Å²) in [5.41, 5.74) is 0.685. The first-order valence-electron chi connectivity index (χ1n) is 8.34. The van der Waals surface area contributed by atoms with E-state index in [-0.39, 0.29) is 17.7 Å². The molecule has 27 heavy (non-hydrogen) atoms. The van der Waals surface area contributed by atoms with Crippen molar-refractivity contribution in [3.8, 4) is 11.4 Å². The molecule has 1 unspecified atom stereocenters. The fraction of sp³-hybridized carbons (Fsp3) is 0.211. The van der Waals surface area contributed by atoms with Crippen LogP contribution in [-0.4, -0.2) is 21.3 Å². The molecule has 2 aromatic carbocycles. The highest BCUT2D eigenvalue weighted by atomic mass is 35.5. The van der Waals surface area contributed by atoms with Crippen molar-refractivity contribution in [2.24, 2.45) is 0 Å². The lowest BCUT2D eigenvalue weighted by Crippen LogP contribution is -2.31. The minimum Gasteiger partial charge on any atom is -0.346 e. The number of hydrogen-bond acceptors (Lipinski definition) is 5. The SMILES string of the molecule is CCC(Sc1ccc(Cl)cc1)C(=O)NCc1nc(-c2ccccc2Cl)no1. The van der Waals surface area contributed by atoms with Crippen molar-refractivity contribution < 1.29 is 9.32 Å². The van der Waals surface area contributed by atoms with E-state index >= 15 is 0 Å². The number of nitrogens with one attached hydrogen (secondary N) is 1. The van der Waals surface area contributed by atoms with Crippen LogP contribution in [0, 0.1) is 0 Å². The highest BCUT2D eigenvalue weighted by molar-refractivity contribution is 8.00. The molecule has 8 heteroatoms. The van der Waals surface area contributed by atoms with E-state index in [1.165, 1.54) is 11.8 Å². The van der Waals surface area contributed by atoms with Gasteiger partial charge in [-0.1, -0.05) is 47.4 Å². The quantitative estimate of drug-likeness (QED) is 0.528. The normalized spacial score (nSPS) is 12.0. The highest BCUT2D eigenvalue weighted by Gasteiger charge is 2.19. The second-order valence-corrected chi connectivity index (χ2v) is 7.80. The predicted octanol–water partition coefficient (Wildman–Crippen LogP) is 5.23. The molecule has 1 N–H and O–H groups in total. The Morgan fingerprint density at radius 1 is 1.19 bits per heavy atom. The minimum atomic E-state index is -0.225. The van der Waals surface area contributed by atoms with E-state index in [9.17, 15) is 4.79 Å². The van der Waals surface area contributed by atoms with Crippen LogP contribution in [0.2, 0.25) is 10.0 Å². The second-order valence-electron chi connectivity index (χ2n) is 5.68. The molecule has 0 aliphatic carbocycles. The molecule has 140 valence electrons. The lowest BCUT2D eigenvalue weighted by molar-refractivity contribution is -0.120. The first-order valence-corrected chi connectivity index (χ1v) is 9.97. The maximum absolute atomic E-state index is 12.5. The molecule has 1 heterocycles. The van der Waals surface area contributed by atoms with Crippen LogP contribution >= 0.6 is 35.0 Å². The average Bonchev–Trinajstić information content (AvgIpc) is 3.15. The Kier molecular flexibility index (Phi) is 6.77. The molecular formula is C19H17Cl2N3O2S. The first-order chi connectivity index (χ1) is 13.1. The van der Waals surface area contributed by atoms with E-state index in [1.807, 2.05) is 49.4 Å². The van der Waals surface area contributed by atoms with Crippen molar-refractivity contribution in [1.82, 2.24) is 15.5 Å². The van der Waals surface area contributed by atoms with Crippen LogP contribution in [0.25, 0.3) is 11.4 Å². The molecule has 3 rings (SSSR count). The molecule has 0 saturated carbocycles. The van der Waals surface area contributed by atoms with Gasteiger partial charge in [-0.05, 0) is 42.8 Å². The van der Waals surface area contributed by atoms with Gasteiger partial charge in [-0.15, -0.1) is 11.8 Å². The molecule has 0 fully saturated rings. The number of carbonyl (C=O) groups excluding carboxylic acids is 1. The summed E-state index contributed by atoms with van der Waals surface area (Å²) in [6, 6.07) is 14.7. The van der Waals surface area contributed by atoms with Crippen molar-refractivity contribution in [1.29, 1.82) is 0 Å². The molecule has 1 atom stereocenters. The number of benzene rings is 2. The van der Waals surface area contributed by atoms with Crippen LogP contribution in [0.1, 0.15) is 19.2 Å². The van der Waals surface area contributed by atoms with Gasteiger partial charge in [-0.25, -0.2) is 0 Å². The third-order valence-electron chi connectivity index (χ3n) is 3.75. The molecule has 3 aromatic rings. The fourth-order valence-electron chi connectivity index (χ4n) is 2.35. The monoisotopic (exact) mass is 421 g/mol. The van der Waals surface area contributed by atoms with E-state index in [0.717, 1.165) is 4.90 Å². The van der Waals surface area contributed by atoms with Crippen molar-refractivity contribution in [3.05, 3.63) is 64.5 Å². The van der Waals surface area contributed by atoms with Crippen molar-refractivity contribution >= 4 is 40.9 Å². The zero-order valence-corrected chi connectivity index (χ0v) is 16.8. The van der Waals surface area contributed by atoms with Gasteiger partial charge in [0.1, 0.15) is 0 Å². The number of hydrogen-bond donors (Lipinski definition) is 1. The van der Waals surface area contributed by atoms with Gasteiger partial charge in [0.25, 0.3) is 0 Å². The summed E-state index contributed by atoms with van der Waals surface area (Å²) in [5.74, 6) is 0.631. The zero-order chi connectivity index (χ0) is 19.2. The Hall–Kier alpha value is -2.02. The third-order valence-corrected chi connectivity index (χ3v) is 5.71. The Balaban J connectivity index is 1.59. The van der Waals surface area contributed by atoms with Crippen LogP contribution in [0.3, 0.4) is 0 Å². The van der Waals surface area contributed by atoms with Crippen molar-refractivity contribution in [3.63, 3.8) is 0 Å². The van der Waals surface area contributed by atoms with Gasteiger partial charge >= 0.3 is 0 Å². The van der Waals surface area contributed by atoms with Crippen LogP contribution in [0.15, 0.2) is 57.9 Å². The number of nitrogens with zero attached hydrogens (tertiary/aromatic N) is 2. The van der Waals surface area contributed by atoms with Gasteiger partial charge in [0.2, 0.25) is 17.6 Å². The smallest absolute Gasteiger partial charge is 0.246 e. The maximum atomic E-state index is 12.5. The molecule has 0 radical (unpaired) electrons. The minimum absolute atomic E-state index is 0.0880. The average molecular weight is 422 g/mol. The summed E-state index contributed by atoms with van der Waals surface area (Å²) in [5, 5.41) is 7.76. The Bertz CT molecular complexity index is 915. The maximum Gasteiger partial charge on any atom is 0.246 e. The molecule has 0 saturated heterocycles. The molecule has 0 aliphatic rings. The van der Waals surface area contributed by atoms with Crippen LogP contribution in [-0.2, 0) is 11.3 Å². The van der Waals surface area contributed by atoms with Gasteiger partial charge < -0.3 is 9.84 Å². The van der Waals surface area contributed by atoms with E-state index < -0.39 is 0 Å². The van der Waals surface area contributed by atoms with E-state index in [0.29, 0.717) is 33.7 Å². The number of aromatic nitrogens is 2. The molecule has 0 spiro atoms. The summed E-state index contributed by atoms with van der Waals surface area (Å²) in [6.07, 6.45) is 0.688. The third kappa shape index (κ3) is 5.25. The van der Waals surface area contributed by atoms with Gasteiger partial charge in [0.05, 0.1) is 16.8 Å². The highest BCUT2D eigenvalue weighted by Crippen LogP contribution is 2.27. The van der Waals surface area contributed by atoms with Gasteiger partial charge in [-0.3, -0.25) is 4.79 Å². The Morgan fingerprint density at radius 3 is 2.63 bits per heavy atom. The zero-order valence-electron chi connectivity index (χ0n) is 14.5. The number of thioether (sulfide) groups is 1. The van der Waals surface area contributed by atoms with Gasteiger partial charge in [-0.2, -0.15) is 4.98 Å². The number of carbonyl (C=O) groups is 1. The number of amides is 1. The van der Waals surface area contributed by atoms with Gasteiger partial charge in [0, 0.05) is 15.5 Å². The summed E-state index contributed by atoms with van der Waals surface area (Å²) in [4.78, 5) is 17.8. The molecule has 1 aromatic heterocycles. The summed E-state index contributed by atoms with van der Waals surface area (Å²) in [6.45, 7) is 2.13. The summed E-state index contributed by atoms with van der Waals surface area (Å²) < 4.78 is 5.21. The topological polar surface area (TPSA) is 68.0 Å². The first kappa shape index (κ1) is 19.7. The van der Waals surface area contributed by atoms with Crippen molar-refractivity contribution in [2.45, 2.75) is 30.0 Å². The Morgan fingerprint density at radius 2 is 1.93 bits per heavy atom. The van der Waals surface area contributed by atoms with E-state index in [4.69, 9.17) is 27.7 Å². The largest absolute Gasteiger partial charge is 0.346 e. The van der Waals surface area contributed by atoms with Crippen molar-refractivity contribution in [2.75, 3.05) is 0 Å². The molecule has 0 bridgehead atoms. The summed E-state index contributed by atoms with van der Waals surface area (Å²) >= 11 is 13.5. The Labute approximate surface area is 171 Å². The lowest BCUT2D eigenvalue weighted by Gasteiger charge is -2.13. The van der Waals surface area contributed by atoms with Crippen LogP contribution in [0.4, 0.5) is 0 Å². The number of rotatable bonds is 7. The van der Waals surface area contributed by atoms with E-state index in [2.05, 4.69) is 15.5 Å². The van der Waals surface area contributed by atoms with E-state index in [1.54, 1.807) is 6.07 Å². The molecule has 1 amide bonds. The molecule has 5 nitrogen and oxygen atoms in total.